The zero-order valence-electron chi connectivity index (χ0n) is 11.9. The number of ether oxygens (including phenoxy) is 1. The van der Waals surface area contributed by atoms with E-state index in [1.807, 2.05) is 11.8 Å². The van der Waals surface area contributed by atoms with Gasteiger partial charge < -0.3 is 9.84 Å². The molecule has 2 rings (SSSR count). The van der Waals surface area contributed by atoms with E-state index in [2.05, 4.69) is 13.8 Å². The molecule has 2 nitrogen and oxygen atoms in total. The molecule has 1 aliphatic carbocycles. The lowest BCUT2D eigenvalue weighted by Gasteiger charge is -2.44. The molecule has 106 valence electrons. The largest absolute Gasteiger partial charge is 0.392 e. The molecule has 1 aliphatic heterocycles. The summed E-state index contributed by atoms with van der Waals surface area (Å²) in [4.78, 5) is 0. The SMILES string of the molecule is CC(C)SCC(O)C1CCOC2(CCCCC2)C1. The standard InChI is InChI=1S/C15H28O2S/c1-12(2)18-11-14(16)13-6-9-17-15(10-13)7-4-3-5-8-15/h12-14,16H,3-11H2,1-2H3. The highest BCUT2D eigenvalue weighted by molar-refractivity contribution is 7.99. The van der Waals surface area contributed by atoms with Gasteiger partial charge in [0.2, 0.25) is 0 Å². The molecule has 0 aromatic heterocycles. The van der Waals surface area contributed by atoms with Gasteiger partial charge in [-0.25, -0.2) is 0 Å². The minimum atomic E-state index is -0.139. The third-order valence-electron chi connectivity index (χ3n) is 4.44. The van der Waals surface area contributed by atoms with Gasteiger partial charge in [0, 0.05) is 12.4 Å². The topological polar surface area (TPSA) is 29.5 Å². The van der Waals surface area contributed by atoms with Crippen molar-refractivity contribution in [3.8, 4) is 0 Å². The fourth-order valence-corrected chi connectivity index (χ4v) is 4.22. The van der Waals surface area contributed by atoms with E-state index in [-0.39, 0.29) is 11.7 Å². The van der Waals surface area contributed by atoms with Gasteiger partial charge >= 0.3 is 0 Å². The van der Waals surface area contributed by atoms with Crippen LogP contribution in [0, 0.1) is 5.92 Å². The van der Waals surface area contributed by atoms with Gasteiger partial charge in [-0.15, -0.1) is 0 Å². The molecular formula is C15H28O2S. The van der Waals surface area contributed by atoms with Gasteiger partial charge in [-0.1, -0.05) is 33.1 Å². The minimum Gasteiger partial charge on any atom is -0.392 e. The van der Waals surface area contributed by atoms with Crippen molar-refractivity contribution in [3.05, 3.63) is 0 Å². The van der Waals surface area contributed by atoms with E-state index in [4.69, 9.17) is 4.74 Å². The predicted octanol–water partition coefficient (Wildman–Crippen LogP) is 3.62. The Balaban J connectivity index is 1.85. The van der Waals surface area contributed by atoms with Crippen LogP contribution in [-0.4, -0.2) is 34.4 Å². The molecule has 0 aromatic rings. The van der Waals surface area contributed by atoms with Crippen LogP contribution in [0.3, 0.4) is 0 Å². The number of hydrogen-bond acceptors (Lipinski definition) is 3. The maximum absolute atomic E-state index is 10.4. The first-order valence-electron chi connectivity index (χ1n) is 7.55. The van der Waals surface area contributed by atoms with Gasteiger partial charge in [0.05, 0.1) is 11.7 Å². The van der Waals surface area contributed by atoms with Gasteiger partial charge in [-0.2, -0.15) is 11.8 Å². The lowest BCUT2D eigenvalue weighted by atomic mass is 9.75. The van der Waals surface area contributed by atoms with Crippen molar-refractivity contribution < 1.29 is 9.84 Å². The van der Waals surface area contributed by atoms with Crippen LogP contribution >= 0.6 is 11.8 Å². The fourth-order valence-electron chi connectivity index (χ4n) is 3.37. The van der Waals surface area contributed by atoms with Gasteiger partial charge in [0.25, 0.3) is 0 Å². The van der Waals surface area contributed by atoms with E-state index in [1.54, 1.807) is 0 Å². The lowest BCUT2D eigenvalue weighted by molar-refractivity contribution is -0.131. The number of rotatable bonds is 4. The second-order valence-corrected chi connectivity index (χ2v) is 7.90. The molecule has 1 heterocycles. The molecule has 2 unspecified atom stereocenters. The van der Waals surface area contributed by atoms with Gasteiger partial charge in [0.1, 0.15) is 0 Å². The Hall–Kier alpha value is 0.270. The van der Waals surface area contributed by atoms with Gasteiger partial charge in [0.15, 0.2) is 0 Å². The second-order valence-electron chi connectivity index (χ2n) is 6.29. The third kappa shape index (κ3) is 3.88. The van der Waals surface area contributed by atoms with Crippen LogP contribution in [0.15, 0.2) is 0 Å². The highest BCUT2D eigenvalue weighted by Gasteiger charge is 2.40. The normalized spacial score (nSPS) is 29.7. The van der Waals surface area contributed by atoms with Crippen molar-refractivity contribution in [3.63, 3.8) is 0 Å². The van der Waals surface area contributed by atoms with Crippen molar-refractivity contribution in [1.82, 2.24) is 0 Å². The van der Waals surface area contributed by atoms with E-state index in [0.29, 0.717) is 11.2 Å². The maximum Gasteiger partial charge on any atom is 0.0686 e. The highest BCUT2D eigenvalue weighted by Crippen LogP contribution is 2.41. The van der Waals surface area contributed by atoms with Crippen LogP contribution in [0.1, 0.15) is 58.8 Å². The van der Waals surface area contributed by atoms with E-state index < -0.39 is 0 Å². The number of thioether (sulfide) groups is 1. The third-order valence-corrected chi connectivity index (χ3v) is 5.64. The van der Waals surface area contributed by atoms with Crippen LogP contribution in [0.5, 0.6) is 0 Å². The summed E-state index contributed by atoms with van der Waals surface area (Å²) in [5.41, 5.74) is 0.130. The molecular weight excluding hydrogens is 244 g/mol. The second kappa shape index (κ2) is 6.62. The van der Waals surface area contributed by atoms with Crippen LogP contribution in [-0.2, 0) is 4.74 Å². The summed E-state index contributed by atoms with van der Waals surface area (Å²) in [7, 11) is 0. The summed E-state index contributed by atoms with van der Waals surface area (Å²) in [6, 6.07) is 0. The first-order chi connectivity index (χ1) is 8.61. The predicted molar refractivity (Wildman–Crippen MR) is 78.1 cm³/mol. The summed E-state index contributed by atoms with van der Waals surface area (Å²) in [5, 5.41) is 11.0. The Morgan fingerprint density at radius 1 is 1.28 bits per heavy atom. The van der Waals surface area contributed by atoms with Gasteiger partial charge in [-0.05, 0) is 36.9 Å². The summed E-state index contributed by atoms with van der Waals surface area (Å²) < 4.78 is 6.09. The van der Waals surface area contributed by atoms with Crippen LogP contribution in [0.2, 0.25) is 0 Å². The van der Waals surface area contributed by atoms with Crippen molar-refractivity contribution in [1.29, 1.82) is 0 Å². The Bertz CT molecular complexity index is 243. The Labute approximate surface area is 116 Å². The smallest absolute Gasteiger partial charge is 0.0686 e. The molecule has 1 spiro atoms. The zero-order chi connectivity index (χ0) is 13.0. The molecule has 0 aromatic carbocycles. The Morgan fingerprint density at radius 3 is 2.67 bits per heavy atom. The molecule has 3 heteroatoms. The first kappa shape index (κ1) is 14.7. The van der Waals surface area contributed by atoms with E-state index in [9.17, 15) is 5.11 Å². The Kier molecular flexibility index (Phi) is 5.40. The minimum absolute atomic E-state index is 0.130. The van der Waals surface area contributed by atoms with E-state index in [0.717, 1.165) is 25.2 Å². The summed E-state index contributed by atoms with van der Waals surface area (Å²) >= 11 is 1.88. The monoisotopic (exact) mass is 272 g/mol. The molecule has 2 atom stereocenters. The number of aliphatic hydroxyl groups is 1. The molecule has 1 saturated carbocycles. The molecule has 18 heavy (non-hydrogen) atoms. The summed E-state index contributed by atoms with van der Waals surface area (Å²) in [5.74, 6) is 1.35. The lowest BCUT2D eigenvalue weighted by Crippen LogP contribution is -2.44. The van der Waals surface area contributed by atoms with Crippen molar-refractivity contribution in [2.75, 3.05) is 12.4 Å². The number of hydrogen-bond donors (Lipinski definition) is 1. The van der Waals surface area contributed by atoms with E-state index >= 15 is 0 Å². The van der Waals surface area contributed by atoms with Crippen molar-refractivity contribution >= 4 is 11.8 Å². The fraction of sp³-hybridized carbons (Fsp3) is 1.00. The molecule has 0 bridgehead atoms. The molecule has 2 fully saturated rings. The van der Waals surface area contributed by atoms with E-state index in [1.165, 1.54) is 32.1 Å². The molecule has 2 aliphatic rings. The van der Waals surface area contributed by atoms with Gasteiger partial charge in [-0.3, -0.25) is 0 Å². The molecule has 0 radical (unpaired) electrons. The molecule has 1 N–H and O–H groups in total. The van der Waals surface area contributed by atoms with Crippen LogP contribution in [0.25, 0.3) is 0 Å². The summed E-state index contributed by atoms with van der Waals surface area (Å²) in [6.07, 6.45) is 8.41. The maximum atomic E-state index is 10.4. The van der Waals surface area contributed by atoms with Crippen LogP contribution in [0.4, 0.5) is 0 Å². The average molecular weight is 272 g/mol. The van der Waals surface area contributed by atoms with Crippen molar-refractivity contribution in [2.24, 2.45) is 5.92 Å². The molecule has 0 amide bonds. The highest BCUT2D eigenvalue weighted by atomic mass is 32.2. The first-order valence-corrected chi connectivity index (χ1v) is 8.60. The quantitative estimate of drug-likeness (QED) is 0.847. The molecule has 1 saturated heterocycles. The average Bonchev–Trinajstić information content (AvgIpc) is 2.37. The van der Waals surface area contributed by atoms with Crippen molar-refractivity contribution in [2.45, 2.75) is 75.7 Å². The Morgan fingerprint density at radius 2 is 2.00 bits per heavy atom. The number of aliphatic hydroxyl groups excluding tert-OH is 1. The zero-order valence-corrected chi connectivity index (χ0v) is 12.7. The van der Waals surface area contributed by atoms with Crippen LogP contribution < -0.4 is 0 Å². The summed E-state index contributed by atoms with van der Waals surface area (Å²) in [6.45, 7) is 5.25.